The van der Waals surface area contributed by atoms with Crippen molar-refractivity contribution in [3.8, 4) is 0 Å². The Morgan fingerprint density at radius 1 is 1.43 bits per heavy atom. The number of rotatable bonds is 2. The van der Waals surface area contributed by atoms with Gasteiger partial charge in [-0.2, -0.15) is 0 Å². The third-order valence-corrected chi connectivity index (χ3v) is 2.80. The molecule has 2 nitrogen and oxygen atoms in total. The van der Waals surface area contributed by atoms with Gasteiger partial charge in [0.2, 0.25) is 8.32 Å². The van der Waals surface area contributed by atoms with E-state index in [9.17, 15) is 4.57 Å². The van der Waals surface area contributed by atoms with Gasteiger partial charge < -0.3 is 4.21 Å². The summed E-state index contributed by atoms with van der Waals surface area (Å²) < 4.78 is 14.5. The summed E-state index contributed by atoms with van der Waals surface area (Å²) in [6.07, 6.45) is 0. The molecular weight excluding hydrogens is 127 g/mol. The lowest BCUT2D eigenvalue weighted by molar-refractivity contribution is 0.525. The van der Waals surface area contributed by atoms with Gasteiger partial charge in [0.25, 0.3) is 0 Å². The Morgan fingerprint density at radius 2 is 1.86 bits per heavy atom. The van der Waals surface area contributed by atoms with Crippen LogP contribution in [0.5, 0.6) is 0 Å². The summed E-state index contributed by atoms with van der Waals surface area (Å²) in [6, 6.07) is 0. The monoisotopic (exact) mass is 136 g/mol. The van der Waals surface area contributed by atoms with Crippen molar-refractivity contribution in [2.75, 3.05) is 0 Å². The van der Waals surface area contributed by atoms with Crippen LogP contribution in [0, 0.1) is 0 Å². The molecule has 0 rings (SSSR count). The molecule has 4 heteroatoms. The molecular formula is C3H9O2PSi. The van der Waals surface area contributed by atoms with Gasteiger partial charge in [-0.05, 0) is 19.6 Å². The van der Waals surface area contributed by atoms with Gasteiger partial charge in [-0.1, -0.05) is 0 Å². The fourth-order valence-electron chi connectivity index (χ4n) is 0.112. The minimum absolute atomic E-state index is 0.179. The first-order valence-corrected chi connectivity index (χ1v) is 6.21. The van der Waals surface area contributed by atoms with E-state index in [1.54, 1.807) is 0 Å². The first-order chi connectivity index (χ1) is 3.06. The molecule has 0 unspecified atom stereocenters. The number of hydrogen-bond acceptors (Lipinski definition) is 2. The molecule has 0 heterocycles. The highest BCUT2D eigenvalue weighted by Crippen LogP contribution is 2.09. The Balaban J connectivity index is 3.34. The molecule has 0 amide bonds. The second kappa shape index (κ2) is 2.55. The van der Waals surface area contributed by atoms with Crippen LogP contribution >= 0.6 is 8.69 Å². The van der Waals surface area contributed by atoms with Crippen molar-refractivity contribution in [3.63, 3.8) is 0 Å². The molecule has 0 radical (unpaired) electrons. The van der Waals surface area contributed by atoms with E-state index in [-0.39, 0.29) is 8.69 Å². The van der Waals surface area contributed by atoms with Crippen LogP contribution < -0.4 is 0 Å². The van der Waals surface area contributed by atoms with Crippen molar-refractivity contribution in [3.05, 3.63) is 0 Å². The van der Waals surface area contributed by atoms with Gasteiger partial charge in [0, 0.05) is 0 Å². The fraction of sp³-hybridized carbons (Fsp3) is 1.00. The molecule has 0 aliphatic heterocycles. The molecule has 0 aliphatic carbocycles. The van der Waals surface area contributed by atoms with Gasteiger partial charge in [-0.15, -0.1) is 0 Å². The van der Waals surface area contributed by atoms with Crippen molar-refractivity contribution in [2.45, 2.75) is 19.6 Å². The van der Waals surface area contributed by atoms with Crippen LogP contribution in [0.1, 0.15) is 0 Å². The highest BCUT2D eigenvalue weighted by molar-refractivity contribution is 7.20. The molecule has 0 aromatic rings. The molecule has 0 N–H and O–H groups in total. The SMILES string of the molecule is C[Si](C)(C)OP=O. The van der Waals surface area contributed by atoms with Crippen molar-refractivity contribution >= 4 is 17.0 Å². The molecule has 0 saturated heterocycles. The molecule has 0 fully saturated rings. The standard InChI is InChI=1S/C3H9O2PSi/c1-7(2,3)5-6-4/h1-3H3. The second-order valence-electron chi connectivity index (χ2n) is 2.28. The van der Waals surface area contributed by atoms with Gasteiger partial charge in [0.05, 0.1) is 0 Å². The third kappa shape index (κ3) is 6.28. The van der Waals surface area contributed by atoms with E-state index >= 15 is 0 Å². The Hall–Kier alpha value is 0.277. The van der Waals surface area contributed by atoms with Crippen LogP contribution in [0.3, 0.4) is 0 Å². The Morgan fingerprint density at radius 3 is 1.86 bits per heavy atom. The van der Waals surface area contributed by atoms with Crippen LogP contribution in [0.25, 0.3) is 0 Å². The lowest BCUT2D eigenvalue weighted by Crippen LogP contribution is -2.19. The molecule has 0 atom stereocenters. The second-order valence-corrected chi connectivity index (χ2v) is 7.38. The van der Waals surface area contributed by atoms with E-state index in [1.807, 2.05) is 19.6 Å². The van der Waals surface area contributed by atoms with Gasteiger partial charge in [-0.3, -0.25) is 0 Å². The van der Waals surface area contributed by atoms with E-state index in [1.165, 1.54) is 0 Å². The summed E-state index contributed by atoms with van der Waals surface area (Å²) in [7, 11) is -1.66. The summed E-state index contributed by atoms with van der Waals surface area (Å²) in [5, 5.41) is 0. The maximum absolute atomic E-state index is 9.73. The molecule has 0 aromatic carbocycles. The van der Waals surface area contributed by atoms with Crippen LogP contribution in [0.15, 0.2) is 0 Å². The first-order valence-electron chi connectivity index (χ1n) is 2.07. The summed E-state index contributed by atoms with van der Waals surface area (Å²) in [5.74, 6) is 0. The molecule has 42 valence electrons. The first kappa shape index (κ1) is 7.28. The predicted octanol–water partition coefficient (Wildman–Crippen LogP) is 2.04. The average Bonchev–Trinajstić information content (AvgIpc) is 1.30. The Bertz CT molecular complexity index is 67.8. The molecule has 7 heavy (non-hydrogen) atoms. The van der Waals surface area contributed by atoms with Crippen molar-refractivity contribution in [1.29, 1.82) is 0 Å². The van der Waals surface area contributed by atoms with Crippen LogP contribution in [0.4, 0.5) is 0 Å². The quantitative estimate of drug-likeness (QED) is 0.429. The molecule has 0 spiro atoms. The Kier molecular flexibility index (Phi) is 2.65. The van der Waals surface area contributed by atoms with Crippen molar-refractivity contribution in [1.82, 2.24) is 0 Å². The normalized spacial score (nSPS) is 12.4. The lowest BCUT2D eigenvalue weighted by atomic mass is 11.8. The maximum Gasteiger partial charge on any atom is 0.316 e. The molecule has 0 saturated carbocycles. The largest absolute Gasteiger partial charge is 0.338 e. The van der Waals surface area contributed by atoms with Crippen molar-refractivity contribution in [2.24, 2.45) is 0 Å². The van der Waals surface area contributed by atoms with E-state index in [0.717, 1.165) is 0 Å². The van der Waals surface area contributed by atoms with Gasteiger partial charge >= 0.3 is 8.69 Å². The summed E-state index contributed by atoms with van der Waals surface area (Å²) in [5.41, 5.74) is 0. The smallest absolute Gasteiger partial charge is 0.316 e. The van der Waals surface area contributed by atoms with Crippen LogP contribution in [-0.4, -0.2) is 8.32 Å². The highest BCUT2D eigenvalue weighted by Gasteiger charge is 2.13. The van der Waals surface area contributed by atoms with E-state index < -0.39 is 8.32 Å². The van der Waals surface area contributed by atoms with Gasteiger partial charge in [0.1, 0.15) is 0 Å². The summed E-state index contributed by atoms with van der Waals surface area (Å²) >= 11 is 0. The van der Waals surface area contributed by atoms with Crippen LogP contribution in [0.2, 0.25) is 19.6 Å². The Labute approximate surface area is 46.3 Å². The van der Waals surface area contributed by atoms with E-state index in [0.29, 0.717) is 0 Å². The molecule has 0 aromatic heterocycles. The van der Waals surface area contributed by atoms with Crippen LogP contribution in [-0.2, 0) is 8.78 Å². The van der Waals surface area contributed by atoms with Gasteiger partial charge in [-0.25, -0.2) is 4.57 Å². The molecule has 0 bridgehead atoms. The zero-order chi connectivity index (χ0) is 5.91. The third-order valence-electron chi connectivity index (χ3n) is 0.311. The number of hydrogen-bond donors (Lipinski definition) is 0. The lowest BCUT2D eigenvalue weighted by Gasteiger charge is -2.07. The van der Waals surface area contributed by atoms with Gasteiger partial charge in [0.15, 0.2) is 0 Å². The average molecular weight is 136 g/mol. The zero-order valence-electron chi connectivity index (χ0n) is 4.76. The summed E-state index contributed by atoms with van der Waals surface area (Å²) in [6.45, 7) is 5.95. The minimum Gasteiger partial charge on any atom is -0.338 e. The van der Waals surface area contributed by atoms with E-state index in [2.05, 4.69) is 0 Å². The summed E-state index contributed by atoms with van der Waals surface area (Å²) in [4.78, 5) is 0. The highest BCUT2D eigenvalue weighted by atomic mass is 31.1. The minimum atomic E-state index is -1.48. The predicted molar refractivity (Wildman–Crippen MR) is 32.0 cm³/mol. The zero-order valence-corrected chi connectivity index (χ0v) is 6.66. The molecule has 0 aliphatic rings. The fourth-order valence-corrected chi connectivity index (χ4v) is 1.01. The van der Waals surface area contributed by atoms with Crippen molar-refractivity contribution < 1.29 is 8.78 Å². The maximum atomic E-state index is 9.73. The van der Waals surface area contributed by atoms with E-state index in [4.69, 9.17) is 4.21 Å². The topological polar surface area (TPSA) is 26.3 Å².